The molecule has 1 unspecified atom stereocenters. The first-order valence-electron chi connectivity index (χ1n) is 6.89. The first-order valence-corrected chi connectivity index (χ1v) is 6.89. The average molecular weight is 282 g/mol. The first kappa shape index (κ1) is 16.4. The molecule has 1 aliphatic heterocycles. The van der Waals surface area contributed by atoms with Crippen molar-refractivity contribution in [2.45, 2.75) is 38.6 Å². The summed E-state index contributed by atoms with van der Waals surface area (Å²) in [6.07, 6.45) is 5.75. The Labute approximate surface area is 118 Å². The molecule has 0 aromatic heterocycles. The molecule has 0 bridgehead atoms. The predicted octanol–water partition coefficient (Wildman–Crippen LogP) is 0.577. The molecule has 0 saturated heterocycles. The molecule has 0 spiro atoms. The Morgan fingerprint density at radius 1 is 1.50 bits per heavy atom. The van der Waals surface area contributed by atoms with Crippen LogP contribution in [0.5, 0.6) is 0 Å². The largest absolute Gasteiger partial charge is 0.480 e. The summed E-state index contributed by atoms with van der Waals surface area (Å²) in [5, 5.41) is 11.4. The molecule has 0 fully saturated rings. The van der Waals surface area contributed by atoms with Gasteiger partial charge in [0.05, 0.1) is 0 Å². The number of nitrogens with zero attached hydrogens (tertiary/aromatic N) is 1. The third kappa shape index (κ3) is 5.97. The monoisotopic (exact) mass is 282 g/mol. The van der Waals surface area contributed by atoms with Gasteiger partial charge in [0.2, 0.25) is 5.91 Å². The van der Waals surface area contributed by atoms with Crippen LogP contribution in [0.4, 0.5) is 0 Å². The van der Waals surface area contributed by atoms with Gasteiger partial charge in [-0.2, -0.15) is 0 Å². The number of hydrogen-bond donors (Lipinski definition) is 2. The number of carboxylic acid groups (broad SMARTS) is 1. The van der Waals surface area contributed by atoms with Crippen molar-refractivity contribution in [3.8, 4) is 0 Å². The molecule has 112 valence electrons. The van der Waals surface area contributed by atoms with E-state index < -0.39 is 12.0 Å². The lowest BCUT2D eigenvalue weighted by atomic mass is 10.1. The fourth-order valence-corrected chi connectivity index (χ4v) is 2.30. The van der Waals surface area contributed by atoms with E-state index in [1.807, 2.05) is 6.08 Å². The van der Waals surface area contributed by atoms with E-state index in [1.54, 1.807) is 0 Å². The van der Waals surface area contributed by atoms with Crippen molar-refractivity contribution in [2.24, 2.45) is 0 Å². The molecule has 2 N–H and O–H groups in total. The van der Waals surface area contributed by atoms with Gasteiger partial charge < -0.3 is 10.4 Å². The normalized spacial score (nSPS) is 17.1. The highest BCUT2D eigenvalue weighted by atomic mass is 16.4. The third-order valence-corrected chi connectivity index (χ3v) is 3.30. The predicted molar refractivity (Wildman–Crippen MR) is 74.3 cm³/mol. The Kier molecular flexibility index (Phi) is 6.93. The molecular formula is C14H22N2O4. The molecule has 1 rings (SSSR count). The smallest absolute Gasteiger partial charge is 0.326 e. The fraction of sp³-hybridized carbons (Fsp3) is 0.643. The molecule has 1 atom stereocenters. The fourth-order valence-electron chi connectivity index (χ4n) is 2.30. The molecule has 0 radical (unpaired) electrons. The van der Waals surface area contributed by atoms with E-state index in [0.29, 0.717) is 13.0 Å². The van der Waals surface area contributed by atoms with E-state index in [4.69, 9.17) is 5.11 Å². The first-order chi connectivity index (χ1) is 9.52. The maximum absolute atomic E-state index is 10.9. The molecule has 1 amide bonds. The van der Waals surface area contributed by atoms with Gasteiger partial charge in [0.15, 0.2) is 0 Å². The molecule has 20 heavy (non-hydrogen) atoms. The summed E-state index contributed by atoms with van der Waals surface area (Å²) in [6, 6.07) is -0.806. The van der Waals surface area contributed by atoms with Gasteiger partial charge in [0.1, 0.15) is 12.3 Å². The van der Waals surface area contributed by atoms with Crippen LogP contribution in [0.3, 0.4) is 0 Å². The number of amides is 1. The molecule has 0 saturated carbocycles. The number of carbonyl (C=O) groups is 3. The van der Waals surface area contributed by atoms with Crippen LogP contribution in [0, 0.1) is 0 Å². The van der Waals surface area contributed by atoms with Gasteiger partial charge in [0.25, 0.3) is 0 Å². The van der Waals surface area contributed by atoms with Crippen molar-refractivity contribution in [2.75, 3.05) is 19.6 Å². The molecule has 0 aromatic carbocycles. The van der Waals surface area contributed by atoms with Crippen molar-refractivity contribution >= 4 is 18.2 Å². The van der Waals surface area contributed by atoms with Crippen LogP contribution in [0.15, 0.2) is 11.6 Å². The molecule has 1 aliphatic rings. The minimum absolute atomic E-state index is 0.325. The van der Waals surface area contributed by atoms with E-state index in [9.17, 15) is 14.4 Å². The lowest BCUT2D eigenvalue weighted by Crippen LogP contribution is -2.39. The zero-order valence-corrected chi connectivity index (χ0v) is 11.8. The van der Waals surface area contributed by atoms with Crippen LogP contribution in [0.1, 0.15) is 32.6 Å². The molecule has 1 heterocycles. The topological polar surface area (TPSA) is 86.7 Å². The number of aliphatic carboxylic acids is 1. The van der Waals surface area contributed by atoms with Crippen molar-refractivity contribution < 1.29 is 19.5 Å². The second kappa shape index (κ2) is 8.47. The number of carbonyl (C=O) groups excluding carboxylic acids is 2. The Bertz CT molecular complexity index is 393. The highest BCUT2D eigenvalue weighted by Crippen LogP contribution is 2.10. The van der Waals surface area contributed by atoms with Crippen LogP contribution < -0.4 is 5.32 Å². The second-order valence-electron chi connectivity index (χ2n) is 5.05. The van der Waals surface area contributed by atoms with Gasteiger partial charge in [-0.1, -0.05) is 6.08 Å². The third-order valence-electron chi connectivity index (χ3n) is 3.30. The molecule has 6 heteroatoms. The zero-order valence-electron chi connectivity index (χ0n) is 11.8. The highest BCUT2D eigenvalue weighted by molar-refractivity contribution is 5.81. The van der Waals surface area contributed by atoms with Crippen molar-refractivity contribution in [3.63, 3.8) is 0 Å². The average Bonchev–Trinajstić information content (AvgIpc) is 2.41. The van der Waals surface area contributed by atoms with E-state index in [-0.39, 0.29) is 5.91 Å². The summed E-state index contributed by atoms with van der Waals surface area (Å²) in [5.74, 6) is -1.32. The molecular weight excluding hydrogens is 260 g/mol. The van der Waals surface area contributed by atoms with E-state index in [2.05, 4.69) is 10.2 Å². The minimum atomic E-state index is -0.996. The molecule has 0 aliphatic carbocycles. The highest BCUT2D eigenvalue weighted by Gasteiger charge is 2.18. The van der Waals surface area contributed by atoms with Gasteiger partial charge in [-0.3, -0.25) is 14.5 Å². The van der Waals surface area contributed by atoms with Gasteiger partial charge in [-0.25, -0.2) is 4.79 Å². The SMILES string of the molecule is CC(=O)NC(CCCCN1CCC=C(C=O)C1)C(=O)O. The Balaban J connectivity index is 2.23. The van der Waals surface area contributed by atoms with E-state index >= 15 is 0 Å². The maximum atomic E-state index is 10.9. The lowest BCUT2D eigenvalue weighted by Gasteiger charge is -2.25. The number of carboxylic acids is 1. The summed E-state index contributed by atoms with van der Waals surface area (Å²) in [4.78, 5) is 34.7. The van der Waals surface area contributed by atoms with Crippen molar-refractivity contribution in [1.82, 2.24) is 10.2 Å². The number of aldehydes is 1. The number of nitrogens with one attached hydrogen (secondary N) is 1. The van der Waals surface area contributed by atoms with Gasteiger partial charge in [0, 0.05) is 25.6 Å². The van der Waals surface area contributed by atoms with Crippen LogP contribution in [0.2, 0.25) is 0 Å². The number of unbranched alkanes of at least 4 members (excludes halogenated alkanes) is 1. The summed E-state index contributed by atoms with van der Waals surface area (Å²) in [5.41, 5.74) is 0.818. The quantitative estimate of drug-likeness (QED) is 0.502. The van der Waals surface area contributed by atoms with Gasteiger partial charge in [-0.05, 0) is 32.2 Å². The zero-order chi connectivity index (χ0) is 15.0. The van der Waals surface area contributed by atoms with E-state index in [0.717, 1.165) is 44.2 Å². The summed E-state index contributed by atoms with van der Waals surface area (Å²) < 4.78 is 0. The van der Waals surface area contributed by atoms with Crippen molar-refractivity contribution in [3.05, 3.63) is 11.6 Å². The van der Waals surface area contributed by atoms with Crippen LogP contribution in [0.25, 0.3) is 0 Å². The van der Waals surface area contributed by atoms with Crippen LogP contribution in [-0.2, 0) is 14.4 Å². The second-order valence-corrected chi connectivity index (χ2v) is 5.05. The van der Waals surface area contributed by atoms with Crippen LogP contribution in [-0.4, -0.2) is 53.8 Å². The van der Waals surface area contributed by atoms with E-state index in [1.165, 1.54) is 6.92 Å². The standard InChI is InChI=1S/C14H22N2O4/c1-11(18)15-13(14(19)20)6-2-3-7-16-8-4-5-12(9-16)10-17/h5,10,13H,2-4,6-9H2,1H3,(H,15,18)(H,19,20). The molecule has 6 nitrogen and oxygen atoms in total. The Morgan fingerprint density at radius 2 is 2.25 bits per heavy atom. The summed E-state index contributed by atoms with van der Waals surface area (Å²) >= 11 is 0. The number of rotatable bonds is 8. The minimum Gasteiger partial charge on any atom is -0.480 e. The number of hydrogen-bond acceptors (Lipinski definition) is 4. The van der Waals surface area contributed by atoms with Crippen molar-refractivity contribution in [1.29, 1.82) is 0 Å². The van der Waals surface area contributed by atoms with Gasteiger partial charge in [-0.15, -0.1) is 0 Å². The summed E-state index contributed by atoms with van der Waals surface area (Å²) in [6.45, 7) is 3.78. The summed E-state index contributed by atoms with van der Waals surface area (Å²) in [7, 11) is 0. The Morgan fingerprint density at radius 3 is 2.85 bits per heavy atom. The van der Waals surface area contributed by atoms with Gasteiger partial charge >= 0.3 is 5.97 Å². The lowest BCUT2D eigenvalue weighted by molar-refractivity contribution is -0.141. The maximum Gasteiger partial charge on any atom is 0.326 e. The molecule has 0 aromatic rings. The Hall–Kier alpha value is -1.69. The van der Waals surface area contributed by atoms with Crippen LogP contribution >= 0.6 is 0 Å².